The summed E-state index contributed by atoms with van der Waals surface area (Å²) in [5, 5.41) is 13.6. The highest BCUT2D eigenvalue weighted by Crippen LogP contribution is 2.28. The van der Waals surface area contributed by atoms with Crippen molar-refractivity contribution in [3.63, 3.8) is 0 Å². The molecule has 3 rings (SSSR count). The number of likely N-dealkylation sites (tertiary alicyclic amines) is 1. The second-order valence-electron chi connectivity index (χ2n) is 7.44. The summed E-state index contributed by atoms with van der Waals surface area (Å²) < 4.78 is 1.96. The van der Waals surface area contributed by atoms with Crippen molar-refractivity contribution in [2.45, 2.75) is 46.1 Å². The summed E-state index contributed by atoms with van der Waals surface area (Å²) in [6.45, 7) is 11.2. The molecular formula is C21H35IN6S. The zero-order chi connectivity index (χ0) is 19.9. The molecule has 1 atom stereocenters. The van der Waals surface area contributed by atoms with Gasteiger partial charge in [-0.25, -0.2) is 0 Å². The molecule has 0 amide bonds. The van der Waals surface area contributed by atoms with E-state index < -0.39 is 0 Å². The highest BCUT2D eigenvalue weighted by atomic mass is 127. The molecule has 162 valence electrons. The fourth-order valence-corrected chi connectivity index (χ4v) is 4.78. The molecule has 1 unspecified atom stereocenters. The van der Waals surface area contributed by atoms with Gasteiger partial charge in [-0.05, 0) is 70.1 Å². The summed E-state index contributed by atoms with van der Waals surface area (Å²) in [7, 11) is 2.01. The maximum Gasteiger partial charge on any atom is 0.191 e. The van der Waals surface area contributed by atoms with Gasteiger partial charge in [-0.15, -0.1) is 35.3 Å². The first-order chi connectivity index (χ1) is 13.6. The van der Waals surface area contributed by atoms with Crippen molar-refractivity contribution in [1.29, 1.82) is 0 Å². The Balaban J connectivity index is 0.00000300. The number of rotatable bonds is 8. The molecule has 0 radical (unpaired) electrons. The number of aryl methyl sites for hydroxylation is 2. The minimum absolute atomic E-state index is 0. The molecule has 0 aromatic carbocycles. The number of nitrogens with one attached hydrogen (secondary N) is 2. The van der Waals surface area contributed by atoms with Crippen LogP contribution in [-0.2, 0) is 13.5 Å². The van der Waals surface area contributed by atoms with Crippen LogP contribution in [0.1, 0.15) is 47.6 Å². The number of hydrogen-bond acceptors (Lipinski definition) is 4. The third kappa shape index (κ3) is 6.42. The van der Waals surface area contributed by atoms with Crippen LogP contribution in [-0.4, -0.2) is 53.4 Å². The van der Waals surface area contributed by atoms with Crippen LogP contribution in [0.15, 0.2) is 22.5 Å². The second-order valence-corrected chi connectivity index (χ2v) is 8.42. The number of aliphatic imine (C=N–C) groups is 1. The van der Waals surface area contributed by atoms with Crippen LogP contribution in [0.2, 0.25) is 0 Å². The van der Waals surface area contributed by atoms with E-state index in [4.69, 9.17) is 4.99 Å². The minimum atomic E-state index is 0. The molecule has 8 heteroatoms. The van der Waals surface area contributed by atoms with Crippen molar-refractivity contribution < 1.29 is 0 Å². The minimum Gasteiger partial charge on any atom is -0.357 e. The molecule has 2 aromatic heterocycles. The van der Waals surface area contributed by atoms with Crippen molar-refractivity contribution >= 4 is 41.3 Å². The largest absolute Gasteiger partial charge is 0.357 e. The normalized spacial score (nSPS) is 15.9. The lowest BCUT2D eigenvalue weighted by atomic mass is 10.1. The Bertz CT molecular complexity index is 764. The van der Waals surface area contributed by atoms with Gasteiger partial charge < -0.3 is 10.6 Å². The van der Waals surface area contributed by atoms with Crippen LogP contribution >= 0.6 is 35.3 Å². The van der Waals surface area contributed by atoms with Crippen LogP contribution < -0.4 is 10.6 Å². The van der Waals surface area contributed by atoms with E-state index in [0.717, 1.165) is 37.7 Å². The molecule has 1 aliphatic rings. The van der Waals surface area contributed by atoms with Gasteiger partial charge in [0.05, 0.1) is 18.3 Å². The van der Waals surface area contributed by atoms with Crippen LogP contribution in [0, 0.1) is 13.8 Å². The van der Waals surface area contributed by atoms with E-state index in [0.29, 0.717) is 6.04 Å². The molecule has 6 nitrogen and oxygen atoms in total. The Kier molecular flexibility index (Phi) is 9.91. The topological polar surface area (TPSA) is 57.5 Å². The van der Waals surface area contributed by atoms with Crippen LogP contribution in [0.4, 0.5) is 0 Å². The van der Waals surface area contributed by atoms with E-state index in [1.54, 1.807) is 0 Å². The van der Waals surface area contributed by atoms with Gasteiger partial charge in [-0.2, -0.15) is 5.10 Å². The highest BCUT2D eigenvalue weighted by molar-refractivity contribution is 14.0. The lowest BCUT2D eigenvalue weighted by Crippen LogP contribution is -2.39. The summed E-state index contributed by atoms with van der Waals surface area (Å²) in [5.41, 5.74) is 3.70. The van der Waals surface area contributed by atoms with Crippen molar-refractivity contribution in [2.24, 2.45) is 12.0 Å². The lowest BCUT2D eigenvalue weighted by Gasteiger charge is -2.25. The van der Waals surface area contributed by atoms with E-state index in [1.165, 1.54) is 42.1 Å². The number of nitrogens with zero attached hydrogens (tertiary/aromatic N) is 4. The molecular weight excluding hydrogens is 495 g/mol. The Morgan fingerprint density at radius 3 is 2.62 bits per heavy atom. The van der Waals surface area contributed by atoms with Crippen molar-refractivity contribution in [1.82, 2.24) is 25.3 Å². The smallest absolute Gasteiger partial charge is 0.191 e. The summed E-state index contributed by atoms with van der Waals surface area (Å²) in [4.78, 5) is 8.94. The van der Waals surface area contributed by atoms with E-state index >= 15 is 0 Å². The third-order valence-corrected chi connectivity index (χ3v) is 6.52. The molecule has 2 N–H and O–H groups in total. The Morgan fingerprint density at radius 1 is 1.28 bits per heavy atom. The van der Waals surface area contributed by atoms with Gasteiger partial charge in [0.15, 0.2) is 5.96 Å². The SMILES string of the molecule is CCNC(=NCC(c1cccs1)N1CCCC1)NCCc1c(C)nn(C)c1C.I. The van der Waals surface area contributed by atoms with E-state index in [-0.39, 0.29) is 24.0 Å². The first kappa shape index (κ1) is 24.1. The molecule has 1 fully saturated rings. The van der Waals surface area contributed by atoms with Crippen LogP contribution in [0.3, 0.4) is 0 Å². The highest BCUT2D eigenvalue weighted by Gasteiger charge is 2.24. The summed E-state index contributed by atoms with van der Waals surface area (Å²) >= 11 is 1.84. The number of halogens is 1. The van der Waals surface area contributed by atoms with Gasteiger partial charge in [0, 0.05) is 30.7 Å². The number of aromatic nitrogens is 2. The van der Waals surface area contributed by atoms with Crippen molar-refractivity contribution in [3.05, 3.63) is 39.3 Å². The summed E-state index contributed by atoms with van der Waals surface area (Å²) in [5.74, 6) is 0.905. The molecule has 0 saturated carbocycles. The summed E-state index contributed by atoms with van der Waals surface area (Å²) in [6, 6.07) is 4.78. The van der Waals surface area contributed by atoms with Gasteiger partial charge >= 0.3 is 0 Å². The molecule has 3 heterocycles. The number of guanidine groups is 1. The molecule has 0 bridgehead atoms. The van der Waals surface area contributed by atoms with E-state index in [9.17, 15) is 0 Å². The monoisotopic (exact) mass is 530 g/mol. The average molecular weight is 531 g/mol. The molecule has 2 aromatic rings. The predicted octanol–water partition coefficient (Wildman–Crippen LogP) is 3.65. The quantitative estimate of drug-likeness (QED) is 0.311. The van der Waals surface area contributed by atoms with Crippen LogP contribution in [0.25, 0.3) is 0 Å². The van der Waals surface area contributed by atoms with Gasteiger partial charge in [0.25, 0.3) is 0 Å². The second kappa shape index (κ2) is 11.9. The zero-order valence-electron chi connectivity index (χ0n) is 18.1. The summed E-state index contributed by atoms with van der Waals surface area (Å²) in [6.07, 6.45) is 3.55. The first-order valence-corrected chi connectivity index (χ1v) is 11.3. The maximum absolute atomic E-state index is 4.93. The van der Waals surface area contributed by atoms with Crippen molar-refractivity contribution in [3.8, 4) is 0 Å². The number of thiophene rings is 1. The molecule has 1 aliphatic heterocycles. The zero-order valence-corrected chi connectivity index (χ0v) is 21.2. The lowest BCUT2D eigenvalue weighted by molar-refractivity contribution is 0.255. The average Bonchev–Trinajstić information content (AvgIpc) is 3.42. The van der Waals surface area contributed by atoms with Gasteiger partial charge in [0.1, 0.15) is 0 Å². The van der Waals surface area contributed by atoms with Gasteiger partial charge in [0.2, 0.25) is 0 Å². The Labute approximate surface area is 196 Å². The Morgan fingerprint density at radius 2 is 2.03 bits per heavy atom. The van der Waals surface area contributed by atoms with Gasteiger partial charge in [-0.3, -0.25) is 14.6 Å². The molecule has 29 heavy (non-hydrogen) atoms. The van der Waals surface area contributed by atoms with Gasteiger partial charge in [-0.1, -0.05) is 6.07 Å². The molecule has 0 spiro atoms. The fourth-order valence-electron chi connectivity index (χ4n) is 3.92. The standard InChI is InChI=1S/C21H34N6S.HI/c1-5-22-21(23-11-10-18-16(2)25-26(4)17(18)3)24-15-19(20-9-8-14-28-20)27-12-6-7-13-27;/h8-9,14,19H,5-7,10-13,15H2,1-4H3,(H2,22,23,24);1H. The Hall–Kier alpha value is -1.13. The first-order valence-electron chi connectivity index (χ1n) is 10.4. The van der Waals surface area contributed by atoms with E-state index in [2.05, 4.69) is 58.9 Å². The maximum atomic E-state index is 4.93. The predicted molar refractivity (Wildman–Crippen MR) is 134 cm³/mol. The fraction of sp³-hybridized carbons (Fsp3) is 0.619. The van der Waals surface area contributed by atoms with Crippen LogP contribution in [0.5, 0.6) is 0 Å². The third-order valence-electron chi connectivity index (χ3n) is 5.55. The molecule has 1 saturated heterocycles. The molecule has 0 aliphatic carbocycles. The van der Waals surface area contributed by atoms with Crippen molar-refractivity contribution in [2.75, 3.05) is 32.7 Å². The number of hydrogen-bond donors (Lipinski definition) is 2. The van der Waals surface area contributed by atoms with E-state index in [1.807, 2.05) is 23.1 Å².